The Balaban J connectivity index is 0. The molecule has 15 heavy (non-hydrogen) atoms. The molecule has 0 fully saturated rings. The zero-order chi connectivity index (χ0) is 12.4. The third-order valence-corrected chi connectivity index (χ3v) is 1.78. The fourth-order valence-corrected chi connectivity index (χ4v) is 0.543. The van der Waals surface area contributed by atoms with E-state index < -0.39 is 17.9 Å². The van der Waals surface area contributed by atoms with Gasteiger partial charge in [0.2, 0.25) is 0 Å². The molecule has 2 N–H and O–H groups in total. The first-order chi connectivity index (χ1) is 6.90. The smallest absolute Gasteiger partial charge is 0.310 e. The van der Waals surface area contributed by atoms with Gasteiger partial charge in [0, 0.05) is 0 Å². The maximum atomic E-state index is 10.1. The first kappa shape index (κ1) is 15.9. The molecule has 0 aromatic heterocycles. The highest BCUT2D eigenvalue weighted by Crippen LogP contribution is 2.01. The molecule has 4 heteroatoms. The summed E-state index contributed by atoms with van der Waals surface area (Å²) in [4.78, 5) is 19.9. The predicted octanol–water partition coefficient (Wildman–Crippen LogP) is 2.18. The maximum Gasteiger partial charge on any atom is 0.310 e. The van der Waals surface area contributed by atoms with E-state index in [0.29, 0.717) is 6.42 Å². The summed E-state index contributed by atoms with van der Waals surface area (Å²) in [6, 6.07) is 0. The second-order valence-electron chi connectivity index (χ2n) is 2.95. The van der Waals surface area contributed by atoms with Crippen LogP contribution in [0.4, 0.5) is 0 Å². The van der Waals surface area contributed by atoms with Gasteiger partial charge >= 0.3 is 11.9 Å². The Kier molecular flexibility index (Phi) is 9.52. The van der Waals surface area contributed by atoms with Crippen LogP contribution >= 0.6 is 0 Å². The second-order valence-corrected chi connectivity index (χ2v) is 2.95. The summed E-state index contributed by atoms with van der Waals surface area (Å²) in [5, 5.41) is 16.4. The van der Waals surface area contributed by atoms with Gasteiger partial charge in [0.1, 0.15) is 0 Å². The van der Waals surface area contributed by atoms with E-state index in [1.54, 1.807) is 6.92 Å². The van der Waals surface area contributed by atoms with Crippen LogP contribution in [0.1, 0.15) is 20.3 Å². The molecule has 2 unspecified atom stereocenters. The maximum absolute atomic E-state index is 10.1. The second kappa shape index (κ2) is 8.99. The predicted molar refractivity (Wildman–Crippen MR) is 58.6 cm³/mol. The van der Waals surface area contributed by atoms with Crippen LogP contribution in [0, 0.1) is 11.8 Å². The van der Waals surface area contributed by atoms with Crippen molar-refractivity contribution in [1.82, 2.24) is 0 Å². The van der Waals surface area contributed by atoms with E-state index in [1.807, 2.05) is 6.92 Å². The van der Waals surface area contributed by atoms with Gasteiger partial charge in [0.15, 0.2) is 0 Å². The summed E-state index contributed by atoms with van der Waals surface area (Å²) in [6.45, 7) is 10.1. The lowest BCUT2D eigenvalue weighted by Gasteiger charge is -1.98. The molecule has 0 amide bonds. The molecule has 0 heterocycles. The average molecular weight is 214 g/mol. The van der Waals surface area contributed by atoms with E-state index in [1.165, 1.54) is 12.2 Å². The molecule has 86 valence electrons. The summed E-state index contributed by atoms with van der Waals surface area (Å²) < 4.78 is 0. The van der Waals surface area contributed by atoms with E-state index in [0.717, 1.165) is 0 Å². The van der Waals surface area contributed by atoms with Gasteiger partial charge in [-0.25, -0.2) is 0 Å². The highest BCUT2D eigenvalue weighted by Gasteiger charge is 2.07. The molecule has 0 aliphatic carbocycles. The number of hydrogen-bond acceptors (Lipinski definition) is 2. The molecule has 0 aromatic carbocycles. The van der Waals surface area contributed by atoms with Crippen LogP contribution in [0.5, 0.6) is 0 Å². The quantitative estimate of drug-likeness (QED) is 0.688. The van der Waals surface area contributed by atoms with Crippen molar-refractivity contribution < 1.29 is 19.8 Å². The van der Waals surface area contributed by atoms with Gasteiger partial charge in [-0.1, -0.05) is 19.1 Å². The molecule has 0 aromatic rings. The molecule has 0 saturated heterocycles. The van der Waals surface area contributed by atoms with Crippen molar-refractivity contribution in [3.63, 3.8) is 0 Å². The highest BCUT2D eigenvalue weighted by atomic mass is 16.4. The van der Waals surface area contributed by atoms with Gasteiger partial charge in [0.25, 0.3) is 0 Å². The molecule has 0 saturated carbocycles. The van der Waals surface area contributed by atoms with Crippen molar-refractivity contribution in [3.8, 4) is 0 Å². The van der Waals surface area contributed by atoms with Gasteiger partial charge in [0.05, 0.1) is 11.8 Å². The summed E-state index contributed by atoms with van der Waals surface area (Å²) in [5.41, 5.74) is 0. The number of hydrogen-bond donors (Lipinski definition) is 2. The molecule has 0 radical (unpaired) electrons. The van der Waals surface area contributed by atoms with Crippen LogP contribution in [0.15, 0.2) is 25.3 Å². The Labute approximate surface area is 89.9 Å². The van der Waals surface area contributed by atoms with E-state index >= 15 is 0 Å². The molecule has 0 rings (SSSR count). The molecule has 4 nitrogen and oxygen atoms in total. The fraction of sp³-hybridized carbons (Fsp3) is 0.455. The molecule has 0 bridgehead atoms. The van der Waals surface area contributed by atoms with Crippen LogP contribution in [0.3, 0.4) is 0 Å². The number of carbonyl (C=O) groups is 2. The van der Waals surface area contributed by atoms with Crippen LogP contribution in [-0.4, -0.2) is 22.2 Å². The van der Waals surface area contributed by atoms with Crippen molar-refractivity contribution in [1.29, 1.82) is 0 Å². The molecule has 0 spiro atoms. The van der Waals surface area contributed by atoms with E-state index in [2.05, 4.69) is 13.2 Å². The number of aliphatic carboxylic acids is 2. The summed E-state index contributed by atoms with van der Waals surface area (Å²) >= 11 is 0. The van der Waals surface area contributed by atoms with Gasteiger partial charge in [-0.3, -0.25) is 9.59 Å². The minimum atomic E-state index is -0.824. The van der Waals surface area contributed by atoms with Gasteiger partial charge < -0.3 is 10.2 Å². The highest BCUT2D eigenvalue weighted by molar-refractivity contribution is 5.71. The Morgan fingerprint density at radius 3 is 1.67 bits per heavy atom. The van der Waals surface area contributed by atoms with Crippen molar-refractivity contribution in [2.75, 3.05) is 0 Å². The van der Waals surface area contributed by atoms with Crippen molar-refractivity contribution in [2.45, 2.75) is 20.3 Å². The van der Waals surface area contributed by atoms with E-state index in [-0.39, 0.29) is 5.92 Å². The third kappa shape index (κ3) is 8.74. The number of carboxylic acids is 2. The van der Waals surface area contributed by atoms with Crippen LogP contribution in [0.2, 0.25) is 0 Å². The van der Waals surface area contributed by atoms with E-state index in [9.17, 15) is 9.59 Å². The lowest BCUT2D eigenvalue weighted by molar-refractivity contribution is -0.140. The summed E-state index contributed by atoms with van der Waals surface area (Å²) in [7, 11) is 0. The minimum Gasteiger partial charge on any atom is -0.481 e. The average Bonchev–Trinajstić information content (AvgIpc) is 2.18. The van der Waals surface area contributed by atoms with Crippen molar-refractivity contribution >= 4 is 11.9 Å². The van der Waals surface area contributed by atoms with Gasteiger partial charge in [-0.2, -0.15) is 0 Å². The Morgan fingerprint density at radius 1 is 1.20 bits per heavy atom. The Morgan fingerprint density at radius 2 is 1.67 bits per heavy atom. The van der Waals surface area contributed by atoms with E-state index in [4.69, 9.17) is 10.2 Å². The normalized spacial score (nSPS) is 12.7. The van der Waals surface area contributed by atoms with Gasteiger partial charge in [-0.05, 0) is 13.3 Å². The SMILES string of the molecule is C=CC(C)C(=O)O.C=CC(CC)C(=O)O. The van der Waals surface area contributed by atoms with Crippen molar-refractivity contribution in [3.05, 3.63) is 25.3 Å². The third-order valence-electron chi connectivity index (χ3n) is 1.78. The standard InChI is InChI=1S/C6H10O2.C5H8O2/c1-3-5(4-2)6(7)8;1-3-4(2)5(6)7/h3,5H,1,4H2,2H3,(H,7,8);3-4H,1H2,2H3,(H,6,7). The molecule has 0 aliphatic rings. The largest absolute Gasteiger partial charge is 0.481 e. The minimum absolute atomic E-state index is 0.366. The fourth-order valence-electron chi connectivity index (χ4n) is 0.543. The summed E-state index contributed by atoms with van der Waals surface area (Å²) in [6.07, 6.45) is 3.46. The zero-order valence-corrected chi connectivity index (χ0v) is 9.14. The zero-order valence-electron chi connectivity index (χ0n) is 9.14. The summed E-state index contributed by atoms with van der Waals surface area (Å²) in [5.74, 6) is -2.40. The molecular formula is C11H18O4. The van der Waals surface area contributed by atoms with Crippen LogP contribution in [0.25, 0.3) is 0 Å². The molecule has 0 aliphatic heterocycles. The Hall–Kier alpha value is -1.58. The number of carboxylic acid groups (broad SMARTS) is 2. The van der Waals surface area contributed by atoms with Crippen LogP contribution < -0.4 is 0 Å². The topological polar surface area (TPSA) is 74.6 Å². The van der Waals surface area contributed by atoms with Gasteiger partial charge in [-0.15, -0.1) is 13.2 Å². The first-order valence-corrected chi connectivity index (χ1v) is 4.61. The Bertz CT molecular complexity index is 233. The molecule has 2 atom stereocenters. The first-order valence-electron chi connectivity index (χ1n) is 4.61. The number of rotatable bonds is 5. The monoisotopic (exact) mass is 214 g/mol. The molecular weight excluding hydrogens is 196 g/mol. The lowest BCUT2D eigenvalue weighted by Crippen LogP contribution is -2.08. The van der Waals surface area contributed by atoms with Crippen molar-refractivity contribution in [2.24, 2.45) is 11.8 Å². The lowest BCUT2D eigenvalue weighted by atomic mass is 10.1. The van der Waals surface area contributed by atoms with Crippen LogP contribution in [-0.2, 0) is 9.59 Å².